The number of nitrogens with zero attached hydrogens (tertiary/aromatic N) is 1. The van der Waals surface area contributed by atoms with Gasteiger partial charge in [-0.25, -0.2) is 4.98 Å². The molecule has 0 saturated heterocycles. The van der Waals surface area contributed by atoms with Gasteiger partial charge in [0.1, 0.15) is 16.9 Å². The number of methoxy groups -OCH3 is 2. The van der Waals surface area contributed by atoms with Gasteiger partial charge in [0.25, 0.3) is 0 Å². The molecule has 7 heteroatoms. The molecule has 0 aliphatic heterocycles. The minimum Gasteiger partial charge on any atom is -0.497 e. The molecule has 1 unspecified atom stereocenters. The van der Waals surface area contributed by atoms with Crippen molar-refractivity contribution in [3.05, 3.63) is 23.6 Å². The molecule has 5 nitrogen and oxygen atoms in total. The number of rotatable bonds is 5. The molecule has 1 aromatic carbocycles. The van der Waals surface area contributed by atoms with Crippen molar-refractivity contribution in [1.29, 1.82) is 0 Å². The first-order chi connectivity index (χ1) is 10.0. The zero-order valence-corrected chi connectivity index (χ0v) is 13.4. The molecule has 0 radical (unpaired) electrons. The number of aromatic nitrogens is 1. The predicted octanol–water partition coefficient (Wildman–Crippen LogP) is 3.39. The number of halogens is 1. The van der Waals surface area contributed by atoms with Crippen LogP contribution in [0, 0.1) is 0 Å². The van der Waals surface area contributed by atoms with Gasteiger partial charge < -0.3 is 14.8 Å². The van der Waals surface area contributed by atoms with Crippen molar-refractivity contribution < 1.29 is 14.3 Å². The second kappa shape index (κ2) is 6.78. The summed E-state index contributed by atoms with van der Waals surface area (Å²) >= 11 is 7.04. The minimum absolute atomic E-state index is 0.282. The lowest BCUT2D eigenvalue weighted by molar-refractivity contribution is -0.115. The van der Waals surface area contributed by atoms with Crippen LogP contribution in [0.2, 0.25) is 0 Å². The number of ether oxygens (including phenoxy) is 2. The summed E-state index contributed by atoms with van der Waals surface area (Å²) in [4.78, 5) is 15.9. The van der Waals surface area contributed by atoms with Gasteiger partial charge in [-0.2, -0.15) is 0 Å². The molecular weight excluding hydrogens is 312 g/mol. The van der Waals surface area contributed by atoms with E-state index in [9.17, 15) is 4.79 Å². The highest BCUT2D eigenvalue weighted by molar-refractivity contribution is 7.14. The first-order valence-corrected chi connectivity index (χ1v) is 7.49. The summed E-state index contributed by atoms with van der Waals surface area (Å²) in [6.07, 6.45) is 0. The largest absolute Gasteiger partial charge is 0.497 e. The molecule has 0 aliphatic rings. The SMILES string of the molecule is COc1ccc(OC)c(-c2csc(NC(=O)C(C)Cl)n2)c1. The van der Waals surface area contributed by atoms with E-state index in [2.05, 4.69) is 10.3 Å². The van der Waals surface area contributed by atoms with E-state index >= 15 is 0 Å². The van der Waals surface area contributed by atoms with E-state index in [0.717, 1.165) is 5.56 Å². The van der Waals surface area contributed by atoms with Gasteiger partial charge >= 0.3 is 0 Å². The topological polar surface area (TPSA) is 60.5 Å². The number of amides is 1. The maximum Gasteiger partial charge on any atom is 0.243 e. The van der Waals surface area contributed by atoms with Crippen LogP contribution in [-0.4, -0.2) is 30.5 Å². The van der Waals surface area contributed by atoms with E-state index in [0.29, 0.717) is 22.3 Å². The number of hydrogen-bond donors (Lipinski definition) is 1. The molecule has 21 heavy (non-hydrogen) atoms. The van der Waals surface area contributed by atoms with Crippen LogP contribution in [0.25, 0.3) is 11.3 Å². The quantitative estimate of drug-likeness (QED) is 0.855. The van der Waals surface area contributed by atoms with E-state index < -0.39 is 5.38 Å². The maximum absolute atomic E-state index is 11.6. The highest BCUT2D eigenvalue weighted by Gasteiger charge is 2.14. The predicted molar refractivity (Wildman–Crippen MR) is 84.6 cm³/mol. The third-order valence-electron chi connectivity index (χ3n) is 2.78. The van der Waals surface area contributed by atoms with Crippen molar-refractivity contribution in [2.24, 2.45) is 0 Å². The molecule has 0 spiro atoms. The minimum atomic E-state index is -0.608. The highest BCUT2D eigenvalue weighted by Crippen LogP contribution is 2.35. The van der Waals surface area contributed by atoms with Crippen LogP contribution in [-0.2, 0) is 4.79 Å². The van der Waals surface area contributed by atoms with Crippen molar-refractivity contribution in [3.8, 4) is 22.8 Å². The molecule has 1 aromatic heterocycles. The maximum atomic E-state index is 11.6. The molecule has 0 aliphatic carbocycles. The van der Waals surface area contributed by atoms with Gasteiger partial charge in [0.2, 0.25) is 5.91 Å². The fourth-order valence-corrected chi connectivity index (χ4v) is 2.44. The first-order valence-electron chi connectivity index (χ1n) is 6.18. The third-order valence-corrected chi connectivity index (χ3v) is 3.73. The van der Waals surface area contributed by atoms with Gasteiger partial charge in [-0.05, 0) is 25.1 Å². The Hall–Kier alpha value is -1.79. The van der Waals surface area contributed by atoms with Gasteiger partial charge in [-0.1, -0.05) is 0 Å². The Balaban J connectivity index is 2.30. The summed E-state index contributed by atoms with van der Waals surface area (Å²) in [6, 6.07) is 5.46. The molecule has 1 atom stereocenters. The molecule has 112 valence electrons. The lowest BCUT2D eigenvalue weighted by Crippen LogP contribution is -2.20. The number of thiazole rings is 1. The number of nitrogens with one attached hydrogen (secondary N) is 1. The Bertz CT molecular complexity index is 643. The van der Waals surface area contributed by atoms with Crippen molar-refractivity contribution >= 4 is 34.0 Å². The molecule has 2 aromatic rings. The van der Waals surface area contributed by atoms with Crippen LogP contribution in [0.4, 0.5) is 5.13 Å². The summed E-state index contributed by atoms with van der Waals surface area (Å²) < 4.78 is 10.5. The summed E-state index contributed by atoms with van der Waals surface area (Å²) in [5.41, 5.74) is 1.50. The molecule has 1 N–H and O–H groups in total. The fourth-order valence-electron chi connectivity index (χ4n) is 1.67. The van der Waals surface area contributed by atoms with E-state index in [1.54, 1.807) is 21.1 Å². The van der Waals surface area contributed by atoms with Gasteiger partial charge in [-0.3, -0.25) is 4.79 Å². The van der Waals surface area contributed by atoms with Gasteiger partial charge in [0.15, 0.2) is 5.13 Å². The van der Waals surface area contributed by atoms with Crippen LogP contribution in [0.1, 0.15) is 6.92 Å². The van der Waals surface area contributed by atoms with E-state index in [-0.39, 0.29) is 5.91 Å². The zero-order chi connectivity index (χ0) is 15.4. The Morgan fingerprint density at radius 1 is 1.38 bits per heavy atom. The summed E-state index contributed by atoms with van der Waals surface area (Å²) in [6.45, 7) is 1.61. The number of carbonyl (C=O) groups is 1. The summed E-state index contributed by atoms with van der Waals surface area (Å²) in [5, 5.41) is 4.39. The number of carbonyl (C=O) groups excluding carboxylic acids is 1. The first kappa shape index (κ1) is 15.6. The number of hydrogen-bond acceptors (Lipinski definition) is 5. The fraction of sp³-hybridized carbons (Fsp3) is 0.286. The van der Waals surface area contributed by atoms with Crippen LogP contribution in [0.15, 0.2) is 23.6 Å². The van der Waals surface area contributed by atoms with E-state index in [1.807, 2.05) is 23.6 Å². The van der Waals surface area contributed by atoms with Crippen molar-refractivity contribution in [3.63, 3.8) is 0 Å². The van der Waals surface area contributed by atoms with Crippen LogP contribution in [0.3, 0.4) is 0 Å². The number of benzene rings is 1. The van der Waals surface area contributed by atoms with Crippen LogP contribution >= 0.6 is 22.9 Å². The summed E-state index contributed by atoms with van der Waals surface area (Å²) in [7, 11) is 3.19. The van der Waals surface area contributed by atoms with Crippen molar-refractivity contribution in [2.75, 3.05) is 19.5 Å². The monoisotopic (exact) mass is 326 g/mol. The zero-order valence-electron chi connectivity index (χ0n) is 11.8. The second-order valence-corrected chi connectivity index (χ2v) is 5.72. The summed E-state index contributed by atoms with van der Waals surface area (Å²) in [5.74, 6) is 1.11. The van der Waals surface area contributed by atoms with Crippen molar-refractivity contribution in [1.82, 2.24) is 4.98 Å². The molecule has 2 rings (SSSR count). The smallest absolute Gasteiger partial charge is 0.243 e. The van der Waals surface area contributed by atoms with Crippen LogP contribution < -0.4 is 14.8 Å². The molecule has 0 bridgehead atoms. The van der Waals surface area contributed by atoms with E-state index in [1.165, 1.54) is 11.3 Å². The average molecular weight is 327 g/mol. The normalized spacial score (nSPS) is 11.8. The van der Waals surface area contributed by atoms with Gasteiger partial charge in [0, 0.05) is 10.9 Å². The van der Waals surface area contributed by atoms with Gasteiger partial charge in [0.05, 0.1) is 19.9 Å². The van der Waals surface area contributed by atoms with Crippen LogP contribution in [0.5, 0.6) is 11.5 Å². The standard InChI is InChI=1S/C14H15ClN2O3S/c1-8(15)13(18)17-14-16-11(7-21-14)10-6-9(19-2)4-5-12(10)20-3/h4-8H,1-3H3,(H,16,17,18). The molecular formula is C14H15ClN2O3S. The van der Waals surface area contributed by atoms with Crippen molar-refractivity contribution in [2.45, 2.75) is 12.3 Å². The lowest BCUT2D eigenvalue weighted by atomic mass is 10.1. The lowest BCUT2D eigenvalue weighted by Gasteiger charge is -2.08. The highest BCUT2D eigenvalue weighted by atomic mass is 35.5. The Kier molecular flexibility index (Phi) is 5.03. The van der Waals surface area contributed by atoms with E-state index in [4.69, 9.17) is 21.1 Å². The molecule has 1 amide bonds. The number of anilines is 1. The molecule has 1 heterocycles. The number of alkyl halides is 1. The Labute approximate surface area is 131 Å². The molecule has 0 fully saturated rings. The Morgan fingerprint density at radius 3 is 2.76 bits per heavy atom. The molecule has 0 saturated carbocycles. The van der Waals surface area contributed by atoms with Gasteiger partial charge in [-0.15, -0.1) is 22.9 Å². The Morgan fingerprint density at radius 2 is 2.14 bits per heavy atom. The third kappa shape index (κ3) is 3.65. The average Bonchev–Trinajstić information content (AvgIpc) is 2.94. The second-order valence-electron chi connectivity index (χ2n) is 4.21.